The van der Waals surface area contributed by atoms with E-state index in [2.05, 4.69) is 23.7 Å². The van der Waals surface area contributed by atoms with Gasteiger partial charge in [-0.05, 0) is 42.7 Å². The van der Waals surface area contributed by atoms with Crippen molar-refractivity contribution in [3.05, 3.63) is 21.9 Å². The molecule has 1 amide bonds. The van der Waals surface area contributed by atoms with Crippen LogP contribution in [-0.4, -0.2) is 12.5 Å². The summed E-state index contributed by atoms with van der Waals surface area (Å²) >= 11 is 1.80. The lowest BCUT2D eigenvalue weighted by molar-refractivity contribution is -0.125. The number of nitrogens with one attached hydrogen (secondary N) is 1. The largest absolute Gasteiger partial charge is 0.349 e. The highest BCUT2D eigenvalue weighted by atomic mass is 32.1. The standard InChI is InChI=1S/C14H22N2OS/c1-2-4-10(9-15)14(17)16-12-5-3-6-13-11(12)7-8-18-13/h7-8,10,12H,2-6,9,15H2,1H3,(H,16,17). The normalized spacial score (nSPS) is 20.2. The highest BCUT2D eigenvalue weighted by Gasteiger charge is 2.25. The van der Waals surface area contributed by atoms with Crippen molar-refractivity contribution < 1.29 is 4.79 Å². The Labute approximate surface area is 113 Å². The van der Waals surface area contributed by atoms with Gasteiger partial charge in [0.25, 0.3) is 0 Å². The van der Waals surface area contributed by atoms with Gasteiger partial charge in [-0.1, -0.05) is 13.3 Å². The summed E-state index contributed by atoms with van der Waals surface area (Å²) in [5.74, 6) is 0.0995. The molecule has 1 aliphatic rings. The van der Waals surface area contributed by atoms with Crippen LogP contribution in [0, 0.1) is 5.92 Å². The van der Waals surface area contributed by atoms with E-state index in [-0.39, 0.29) is 17.9 Å². The number of hydrogen-bond donors (Lipinski definition) is 2. The first-order valence-corrected chi connectivity index (χ1v) is 7.71. The predicted molar refractivity (Wildman–Crippen MR) is 75.6 cm³/mol. The molecule has 18 heavy (non-hydrogen) atoms. The summed E-state index contributed by atoms with van der Waals surface area (Å²) < 4.78 is 0. The molecule has 0 radical (unpaired) electrons. The Bertz CT molecular complexity index is 402. The van der Waals surface area contributed by atoms with Crippen molar-refractivity contribution in [1.82, 2.24) is 5.32 Å². The third-order valence-electron chi connectivity index (χ3n) is 3.66. The van der Waals surface area contributed by atoms with E-state index in [4.69, 9.17) is 5.73 Å². The van der Waals surface area contributed by atoms with Crippen LogP contribution in [0.4, 0.5) is 0 Å². The van der Waals surface area contributed by atoms with Crippen molar-refractivity contribution in [3.63, 3.8) is 0 Å². The number of carbonyl (C=O) groups excluding carboxylic acids is 1. The molecule has 0 bridgehead atoms. The van der Waals surface area contributed by atoms with Gasteiger partial charge in [-0.25, -0.2) is 0 Å². The molecule has 0 saturated heterocycles. The number of fused-ring (bicyclic) bond motifs is 1. The lowest BCUT2D eigenvalue weighted by Crippen LogP contribution is -2.38. The molecule has 1 aromatic rings. The van der Waals surface area contributed by atoms with Crippen LogP contribution in [0.25, 0.3) is 0 Å². The molecule has 1 aromatic heterocycles. The van der Waals surface area contributed by atoms with Crippen LogP contribution < -0.4 is 11.1 Å². The molecule has 2 atom stereocenters. The van der Waals surface area contributed by atoms with Gasteiger partial charge in [0.05, 0.1) is 12.0 Å². The fourth-order valence-electron chi connectivity index (χ4n) is 2.63. The monoisotopic (exact) mass is 266 g/mol. The first-order valence-electron chi connectivity index (χ1n) is 6.83. The van der Waals surface area contributed by atoms with E-state index >= 15 is 0 Å². The van der Waals surface area contributed by atoms with Crippen molar-refractivity contribution in [2.75, 3.05) is 6.54 Å². The predicted octanol–water partition coefficient (Wildman–Crippen LogP) is 2.62. The zero-order valence-corrected chi connectivity index (χ0v) is 11.8. The van der Waals surface area contributed by atoms with Crippen molar-refractivity contribution in [2.24, 2.45) is 11.7 Å². The topological polar surface area (TPSA) is 55.1 Å². The van der Waals surface area contributed by atoms with Crippen molar-refractivity contribution in [3.8, 4) is 0 Å². The van der Waals surface area contributed by atoms with Gasteiger partial charge in [-0.3, -0.25) is 4.79 Å². The fraction of sp³-hybridized carbons (Fsp3) is 0.643. The van der Waals surface area contributed by atoms with Gasteiger partial charge >= 0.3 is 0 Å². The molecule has 0 saturated carbocycles. The summed E-state index contributed by atoms with van der Waals surface area (Å²) in [4.78, 5) is 13.6. The Morgan fingerprint density at radius 2 is 2.50 bits per heavy atom. The molecule has 2 rings (SSSR count). The third-order valence-corrected chi connectivity index (χ3v) is 4.66. The van der Waals surface area contributed by atoms with Gasteiger partial charge in [0.1, 0.15) is 0 Å². The van der Waals surface area contributed by atoms with E-state index in [0.29, 0.717) is 6.54 Å². The van der Waals surface area contributed by atoms with Crippen molar-refractivity contribution in [1.29, 1.82) is 0 Å². The summed E-state index contributed by atoms with van der Waals surface area (Å²) in [7, 11) is 0. The number of amides is 1. The molecule has 4 heteroatoms. The molecule has 2 unspecified atom stereocenters. The van der Waals surface area contributed by atoms with Crippen LogP contribution in [0.1, 0.15) is 49.1 Å². The minimum atomic E-state index is -0.0287. The lowest BCUT2D eigenvalue weighted by atomic mass is 9.93. The van der Waals surface area contributed by atoms with E-state index in [1.807, 2.05) is 0 Å². The summed E-state index contributed by atoms with van der Waals surface area (Å²) in [5, 5.41) is 5.31. The second-order valence-electron chi connectivity index (χ2n) is 4.97. The first kappa shape index (κ1) is 13.6. The zero-order chi connectivity index (χ0) is 13.0. The smallest absolute Gasteiger partial charge is 0.224 e. The van der Waals surface area contributed by atoms with Crippen LogP contribution >= 0.6 is 11.3 Å². The van der Waals surface area contributed by atoms with E-state index in [0.717, 1.165) is 25.7 Å². The Morgan fingerprint density at radius 1 is 1.67 bits per heavy atom. The Kier molecular flexibility index (Phi) is 4.78. The zero-order valence-electron chi connectivity index (χ0n) is 10.9. The molecule has 1 aliphatic carbocycles. The summed E-state index contributed by atoms with van der Waals surface area (Å²) in [5.41, 5.74) is 7.01. The van der Waals surface area contributed by atoms with Gasteiger partial charge in [-0.2, -0.15) is 0 Å². The summed E-state index contributed by atoms with van der Waals surface area (Å²) in [6, 6.07) is 2.36. The van der Waals surface area contributed by atoms with Gasteiger partial charge < -0.3 is 11.1 Å². The number of rotatable bonds is 5. The Hall–Kier alpha value is -0.870. The van der Waals surface area contributed by atoms with Gasteiger partial charge in [0.2, 0.25) is 5.91 Å². The highest BCUT2D eigenvalue weighted by molar-refractivity contribution is 7.10. The summed E-state index contributed by atoms with van der Waals surface area (Å²) in [6.45, 7) is 2.54. The first-order chi connectivity index (χ1) is 8.76. The molecule has 0 aliphatic heterocycles. The summed E-state index contributed by atoms with van der Waals surface area (Å²) in [6.07, 6.45) is 5.27. The van der Waals surface area contributed by atoms with Crippen LogP contribution in [0.2, 0.25) is 0 Å². The highest BCUT2D eigenvalue weighted by Crippen LogP contribution is 2.33. The Balaban J connectivity index is 2.00. The molecule has 3 nitrogen and oxygen atoms in total. The van der Waals surface area contributed by atoms with E-state index in [1.165, 1.54) is 16.9 Å². The molecular formula is C14H22N2OS. The van der Waals surface area contributed by atoms with Crippen molar-refractivity contribution >= 4 is 17.2 Å². The van der Waals surface area contributed by atoms with Gasteiger partial charge in [0.15, 0.2) is 0 Å². The lowest BCUT2D eigenvalue weighted by Gasteiger charge is -2.25. The number of hydrogen-bond acceptors (Lipinski definition) is 3. The third kappa shape index (κ3) is 2.93. The quantitative estimate of drug-likeness (QED) is 0.860. The molecule has 1 heterocycles. The average Bonchev–Trinajstić information content (AvgIpc) is 2.85. The van der Waals surface area contributed by atoms with Gasteiger partial charge in [0, 0.05) is 11.4 Å². The number of nitrogens with two attached hydrogens (primary N) is 1. The van der Waals surface area contributed by atoms with E-state index in [9.17, 15) is 4.79 Å². The maximum atomic E-state index is 12.2. The number of thiophene rings is 1. The van der Waals surface area contributed by atoms with Crippen LogP contribution in [0.5, 0.6) is 0 Å². The number of carbonyl (C=O) groups is 1. The van der Waals surface area contributed by atoms with Crippen LogP contribution in [-0.2, 0) is 11.2 Å². The Morgan fingerprint density at radius 3 is 3.22 bits per heavy atom. The maximum absolute atomic E-state index is 12.2. The van der Waals surface area contributed by atoms with Crippen molar-refractivity contribution in [2.45, 2.75) is 45.1 Å². The van der Waals surface area contributed by atoms with Gasteiger partial charge in [-0.15, -0.1) is 11.3 Å². The van der Waals surface area contributed by atoms with Crippen LogP contribution in [0.15, 0.2) is 11.4 Å². The fourth-order valence-corrected chi connectivity index (χ4v) is 3.62. The molecule has 100 valence electrons. The molecular weight excluding hydrogens is 244 g/mol. The minimum Gasteiger partial charge on any atom is -0.349 e. The number of aryl methyl sites for hydroxylation is 1. The second kappa shape index (κ2) is 6.34. The second-order valence-corrected chi connectivity index (χ2v) is 5.97. The molecule has 0 aromatic carbocycles. The minimum absolute atomic E-state index is 0.0287. The molecule has 0 spiro atoms. The van der Waals surface area contributed by atoms with E-state index < -0.39 is 0 Å². The molecule has 3 N–H and O–H groups in total. The SMILES string of the molecule is CCCC(CN)C(=O)NC1CCCc2sccc21. The molecule has 0 fully saturated rings. The van der Waals surface area contributed by atoms with E-state index in [1.54, 1.807) is 11.3 Å². The maximum Gasteiger partial charge on any atom is 0.224 e. The van der Waals surface area contributed by atoms with Crippen LogP contribution in [0.3, 0.4) is 0 Å². The average molecular weight is 266 g/mol.